The summed E-state index contributed by atoms with van der Waals surface area (Å²) in [6, 6.07) is 16.4. The molecule has 0 bridgehead atoms. The molecule has 4 rings (SSSR count). The summed E-state index contributed by atoms with van der Waals surface area (Å²) in [6.45, 7) is 2.10. The molecule has 3 nitrogen and oxygen atoms in total. The summed E-state index contributed by atoms with van der Waals surface area (Å²) in [7, 11) is 0. The number of rotatable bonds is 4. The second-order valence-electron chi connectivity index (χ2n) is 7.80. The summed E-state index contributed by atoms with van der Waals surface area (Å²) in [6.07, 6.45) is 6.03. The third-order valence-electron chi connectivity index (χ3n) is 6.05. The summed E-state index contributed by atoms with van der Waals surface area (Å²) in [5.74, 6) is 0.660. The van der Waals surface area contributed by atoms with E-state index >= 15 is 0 Å². The standard InChI is InChI=1S/C24H25FN2O/c1-16(27-24(28)19-5-3-2-4-6-19)17-7-9-18(10-8-17)21-13-14-26-23-12-11-20(25)15-22(21)23/h2-6,11-18H,7-10H2,1H3,(H,27,28)/t16-,17?,18?/m1/s1. The van der Waals surface area contributed by atoms with Crippen LogP contribution in [0.25, 0.3) is 10.9 Å². The van der Waals surface area contributed by atoms with E-state index in [1.165, 1.54) is 11.6 Å². The monoisotopic (exact) mass is 376 g/mol. The second-order valence-corrected chi connectivity index (χ2v) is 7.80. The van der Waals surface area contributed by atoms with Gasteiger partial charge < -0.3 is 5.32 Å². The third kappa shape index (κ3) is 3.91. The SMILES string of the molecule is C[C@@H](NC(=O)c1ccccc1)C1CCC(c2ccnc3ccc(F)cc23)CC1. The van der Waals surface area contributed by atoms with Crippen LogP contribution in [0.4, 0.5) is 4.39 Å². The van der Waals surface area contributed by atoms with E-state index in [0.29, 0.717) is 17.4 Å². The Morgan fingerprint density at radius 2 is 1.82 bits per heavy atom. The molecule has 1 aliphatic carbocycles. The van der Waals surface area contributed by atoms with Crippen molar-refractivity contribution >= 4 is 16.8 Å². The number of amides is 1. The van der Waals surface area contributed by atoms with Crippen molar-refractivity contribution in [1.29, 1.82) is 0 Å². The van der Waals surface area contributed by atoms with Gasteiger partial charge >= 0.3 is 0 Å². The molecule has 144 valence electrons. The van der Waals surface area contributed by atoms with Gasteiger partial charge in [-0.15, -0.1) is 0 Å². The van der Waals surface area contributed by atoms with E-state index in [1.54, 1.807) is 12.1 Å². The fraction of sp³-hybridized carbons (Fsp3) is 0.333. The van der Waals surface area contributed by atoms with Crippen molar-refractivity contribution in [2.75, 3.05) is 0 Å². The number of hydrogen-bond donors (Lipinski definition) is 1. The molecule has 1 aromatic heterocycles. The number of nitrogens with zero attached hydrogens (tertiary/aromatic N) is 1. The Morgan fingerprint density at radius 3 is 2.57 bits per heavy atom. The Hall–Kier alpha value is -2.75. The predicted octanol–water partition coefficient (Wildman–Crippen LogP) is 5.47. The summed E-state index contributed by atoms with van der Waals surface area (Å²) >= 11 is 0. The van der Waals surface area contributed by atoms with Crippen molar-refractivity contribution in [2.24, 2.45) is 5.92 Å². The second kappa shape index (κ2) is 8.09. The Balaban J connectivity index is 1.41. The van der Waals surface area contributed by atoms with E-state index in [2.05, 4.69) is 17.2 Å². The quantitative estimate of drug-likeness (QED) is 0.656. The highest BCUT2D eigenvalue weighted by molar-refractivity contribution is 5.94. The average Bonchev–Trinajstić information content (AvgIpc) is 2.74. The van der Waals surface area contributed by atoms with Crippen molar-refractivity contribution in [2.45, 2.75) is 44.6 Å². The molecular weight excluding hydrogens is 351 g/mol. The molecule has 0 saturated heterocycles. The van der Waals surface area contributed by atoms with E-state index in [4.69, 9.17) is 0 Å². The average molecular weight is 376 g/mol. The van der Waals surface area contributed by atoms with Crippen molar-refractivity contribution in [3.05, 3.63) is 77.7 Å². The van der Waals surface area contributed by atoms with Crippen LogP contribution < -0.4 is 5.32 Å². The van der Waals surface area contributed by atoms with Crippen LogP contribution >= 0.6 is 0 Å². The molecule has 3 aromatic rings. The van der Waals surface area contributed by atoms with E-state index < -0.39 is 0 Å². The predicted molar refractivity (Wildman–Crippen MR) is 110 cm³/mol. The first kappa shape index (κ1) is 18.6. The first-order valence-corrected chi connectivity index (χ1v) is 10.0. The van der Waals surface area contributed by atoms with Crippen LogP contribution in [-0.4, -0.2) is 16.9 Å². The highest BCUT2D eigenvalue weighted by atomic mass is 19.1. The molecule has 1 atom stereocenters. The molecule has 1 fully saturated rings. The molecule has 0 radical (unpaired) electrons. The largest absolute Gasteiger partial charge is 0.349 e. The summed E-state index contributed by atoms with van der Waals surface area (Å²) in [5, 5.41) is 4.09. The maximum Gasteiger partial charge on any atom is 0.251 e. The Labute approximate surface area is 165 Å². The van der Waals surface area contributed by atoms with E-state index in [0.717, 1.165) is 36.6 Å². The molecular formula is C24H25FN2O. The van der Waals surface area contributed by atoms with E-state index in [-0.39, 0.29) is 17.8 Å². The van der Waals surface area contributed by atoms with Crippen LogP contribution in [0.2, 0.25) is 0 Å². The first-order valence-electron chi connectivity index (χ1n) is 10.0. The van der Waals surface area contributed by atoms with E-state index in [1.807, 2.05) is 42.6 Å². The lowest BCUT2D eigenvalue weighted by Gasteiger charge is -2.33. The molecule has 1 aliphatic rings. The van der Waals surface area contributed by atoms with Crippen LogP contribution in [0.3, 0.4) is 0 Å². The molecule has 1 amide bonds. The minimum Gasteiger partial charge on any atom is -0.349 e. The van der Waals surface area contributed by atoms with Crippen LogP contribution in [0.1, 0.15) is 54.4 Å². The Bertz CT molecular complexity index is 965. The Morgan fingerprint density at radius 1 is 1.07 bits per heavy atom. The van der Waals surface area contributed by atoms with Gasteiger partial charge in [-0.3, -0.25) is 9.78 Å². The lowest BCUT2D eigenvalue weighted by molar-refractivity contribution is 0.0918. The minimum absolute atomic E-state index is 0.00849. The molecule has 4 heteroatoms. The zero-order chi connectivity index (χ0) is 19.5. The van der Waals surface area contributed by atoms with Crippen molar-refractivity contribution in [1.82, 2.24) is 10.3 Å². The number of halogens is 1. The molecule has 1 N–H and O–H groups in total. The fourth-order valence-corrected chi connectivity index (χ4v) is 4.42. The van der Waals surface area contributed by atoms with Gasteiger partial charge in [0.1, 0.15) is 5.82 Å². The molecule has 28 heavy (non-hydrogen) atoms. The normalized spacial score (nSPS) is 20.6. The minimum atomic E-state index is -0.215. The van der Waals surface area contributed by atoms with Gasteiger partial charge in [0.25, 0.3) is 5.91 Å². The number of benzene rings is 2. The molecule has 0 unspecified atom stereocenters. The Kier molecular flexibility index (Phi) is 5.38. The van der Waals surface area contributed by atoms with Crippen LogP contribution in [0, 0.1) is 11.7 Å². The van der Waals surface area contributed by atoms with Gasteiger partial charge in [-0.2, -0.15) is 0 Å². The number of fused-ring (bicyclic) bond motifs is 1. The fourth-order valence-electron chi connectivity index (χ4n) is 4.42. The van der Waals surface area contributed by atoms with Gasteiger partial charge in [-0.1, -0.05) is 18.2 Å². The smallest absolute Gasteiger partial charge is 0.251 e. The number of hydrogen-bond acceptors (Lipinski definition) is 2. The number of carbonyl (C=O) groups is 1. The summed E-state index contributed by atoms with van der Waals surface area (Å²) < 4.78 is 13.7. The lowest BCUT2D eigenvalue weighted by Crippen LogP contribution is -2.39. The molecule has 1 saturated carbocycles. The van der Waals surface area contributed by atoms with Gasteiger partial charge in [0.05, 0.1) is 5.52 Å². The highest BCUT2D eigenvalue weighted by Gasteiger charge is 2.28. The number of aromatic nitrogens is 1. The summed E-state index contributed by atoms with van der Waals surface area (Å²) in [5.41, 5.74) is 2.75. The highest BCUT2D eigenvalue weighted by Crippen LogP contribution is 2.39. The maximum atomic E-state index is 13.7. The van der Waals surface area contributed by atoms with Gasteiger partial charge in [-0.25, -0.2) is 4.39 Å². The van der Waals surface area contributed by atoms with Crippen molar-refractivity contribution in [3.8, 4) is 0 Å². The maximum absolute atomic E-state index is 13.7. The number of carbonyl (C=O) groups excluding carboxylic acids is 1. The van der Waals surface area contributed by atoms with Crippen molar-refractivity contribution in [3.63, 3.8) is 0 Å². The van der Waals surface area contributed by atoms with Crippen LogP contribution in [0.5, 0.6) is 0 Å². The van der Waals surface area contributed by atoms with Gasteiger partial charge in [0.2, 0.25) is 0 Å². The molecule has 0 aliphatic heterocycles. The molecule has 1 heterocycles. The summed E-state index contributed by atoms with van der Waals surface area (Å²) in [4.78, 5) is 16.8. The number of nitrogens with one attached hydrogen (secondary N) is 1. The van der Waals surface area contributed by atoms with E-state index in [9.17, 15) is 9.18 Å². The van der Waals surface area contributed by atoms with Gasteiger partial charge in [0, 0.05) is 23.2 Å². The van der Waals surface area contributed by atoms with Gasteiger partial charge in [-0.05, 0) is 86.4 Å². The van der Waals surface area contributed by atoms with Crippen molar-refractivity contribution < 1.29 is 9.18 Å². The molecule has 2 aromatic carbocycles. The van der Waals surface area contributed by atoms with Crippen LogP contribution in [-0.2, 0) is 0 Å². The third-order valence-corrected chi connectivity index (χ3v) is 6.05. The topological polar surface area (TPSA) is 42.0 Å². The number of pyridine rings is 1. The zero-order valence-electron chi connectivity index (χ0n) is 16.1. The van der Waals surface area contributed by atoms with Crippen LogP contribution in [0.15, 0.2) is 60.8 Å². The first-order chi connectivity index (χ1) is 13.6. The van der Waals surface area contributed by atoms with Gasteiger partial charge in [0.15, 0.2) is 0 Å². The zero-order valence-corrected chi connectivity index (χ0v) is 16.1. The molecule has 0 spiro atoms. The lowest BCUT2D eigenvalue weighted by atomic mass is 9.75.